The first kappa shape index (κ1) is 16.4. The van der Waals surface area contributed by atoms with E-state index >= 15 is 0 Å². The molecule has 0 aliphatic heterocycles. The molecule has 0 atom stereocenters. The number of fused-ring (bicyclic) bond motifs is 1. The third-order valence-corrected chi connectivity index (χ3v) is 6.06. The first-order valence-electron chi connectivity index (χ1n) is 8.80. The van der Waals surface area contributed by atoms with Crippen LogP contribution in [0.1, 0.15) is 56.4 Å². The Morgan fingerprint density at radius 3 is 2.61 bits per heavy atom. The topological polar surface area (TPSA) is 36.1 Å². The van der Waals surface area contributed by atoms with Crippen LogP contribution in [-0.4, -0.2) is 34.1 Å². The number of carbonyl (C=O) groups excluding carboxylic acids is 1. The molecule has 1 aromatic heterocycles. The highest BCUT2D eigenvalue weighted by Gasteiger charge is 2.17. The zero-order valence-corrected chi connectivity index (χ0v) is 14.9. The molecule has 4 heteroatoms. The maximum Gasteiger partial charge on any atom is 0.270 e. The second-order valence-electron chi connectivity index (χ2n) is 6.29. The molecule has 3 rings (SSSR count). The fourth-order valence-electron chi connectivity index (χ4n) is 3.36. The lowest BCUT2D eigenvalue weighted by atomic mass is 10.0. The SMILES string of the molecule is CCN(CC)C(=O)c1cc2cc(SC3CCCCC3)ccc2[nH]1. The highest BCUT2D eigenvalue weighted by atomic mass is 32.2. The minimum absolute atomic E-state index is 0.0904. The number of aromatic amines is 1. The van der Waals surface area contributed by atoms with Crippen molar-refractivity contribution in [3.63, 3.8) is 0 Å². The van der Waals surface area contributed by atoms with Crippen molar-refractivity contribution in [1.82, 2.24) is 9.88 Å². The summed E-state index contributed by atoms with van der Waals surface area (Å²) in [6.07, 6.45) is 6.80. The van der Waals surface area contributed by atoms with Crippen molar-refractivity contribution in [3.8, 4) is 0 Å². The Balaban J connectivity index is 1.78. The van der Waals surface area contributed by atoms with Crippen molar-refractivity contribution in [2.75, 3.05) is 13.1 Å². The number of thioether (sulfide) groups is 1. The number of benzene rings is 1. The number of H-pyrrole nitrogens is 1. The van der Waals surface area contributed by atoms with E-state index in [0.29, 0.717) is 5.69 Å². The van der Waals surface area contributed by atoms with Gasteiger partial charge in [0, 0.05) is 34.1 Å². The van der Waals surface area contributed by atoms with Gasteiger partial charge in [-0.25, -0.2) is 0 Å². The Morgan fingerprint density at radius 1 is 1.17 bits per heavy atom. The number of aromatic nitrogens is 1. The second kappa shape index (κ2) is 7.43. The summed E-state index contributed by atoms with van der Waals surface area (Å²) in [5.41, 5.74) is 1.75. The number of nitrogens with zero attached hydrogens (tertiary/aromatic N) is 1. The molecule has 1 saturated carbocycles. The fourth-order valence-corrected chi connectivity index (χ4v) is 4.65. The lowest BCUT2D eigenvalue weighted by Crippen LogP contribution is -2.30. The normalized spacial score (nSPS) is 15.9. The Morgan fingerprint density at radius 2 is 1.91 bits per heavy atom. The van der Waals surface area contributed by atoms with Gasteiger partial charge in [0.05, 0.1) is 0 Å². The van der Waals surface area contributed by atoms with E-state index in [1.165, 1.54) is 37.0 Å². The summed E-state index contributed by atoms with van der Waals surface area (Å²) in [4.78, 5) is 18.9. The van der Waals surface area contributed by atoms with Crippen molar-refractivity contribution in [3.05, 3.63) is 30.0 Å². The monoisotopic (exact) mass is 330 g/mol. The Labute approximate surface area is 142 Å². The van der Waals surface area contributed by atoms with Gasteiger partial charge >= 0.3 is 0 Å². The van der Waals surface area contributed by atoms with Gasteiger partial charge in [0.1, 0.15) is 5.69 Å². The standard InChI is InChI=1S/C19H26N2OS/c1-3-21(4-2)19(22)18-13-14-12-16(10-11-17(14)20-18)23-15-8-6-5-7-9-15/h10-13,15,20H,3-9H2,1-2H3. The van der Waals surface area contributed by atoms with Crippen molar-refractivity contribution in [2.45, 2.75) is 56.1 Å². The number of rotatable bonds is 5. The predicted octanol–water partition coefficient (Wildman–Crippen LogP) is 5.07. The zero-order chi connectivity index (χ0) is 16.2. The molecule has 124 valence electrons. The van der Waals surface area contributed by atoms with E-state index in [-0.39, 0.29) is 5.91 Å². The van der Waals surface area contributed by atoms with E-state index in [4.69, 9.17) is 0 Å². The van der Waals surface area contributed by atoms with Gasteiger partial charge in [-0.1, -0.05) is 19.3 Å². The van der Waals surface area contributed by atoms with Gasteiger partial charge in [-0.3, -0.25) is 4.79 Å². The van der Waals surface area contributed by atoms with Crippen LogP contribution in [-0.2, 0) is 0 Å². The van der Waals surface area contributed by atoms with Crippen LogP contribution in [0.4, 0.5) is 0 Å². The van der Waals surface area contributed by atoms with Gasteiger partial charge < -0.3 is 9.88 Å². The largest absolute Gasteiger partial charge is 0.351 e. The minimum atomic E-state index is 0.0904. The van der Waals surface area contributed by atoms with Crippen LogP contribution in [0.3, 0.4) is 0 Å². The van der Waals surface area contributed by atoms with Crippen LogP contribution in [0, 0.1) is 0 Å². The zero-order valence-electron chi connectivity index (χ0n) is 14.1. The summed E-state index contributed by atoms with van der Waals surface area (Å²) < 4.78 is 0. The summed E-state index contributed by atoms with van der Waals surface area (Å²) in [6.45, 7) is 5.52. The molecule has 1 N–H and O–H groups in total. The molecule has 3 nitrogen and oxygen atoms in total. The van der Waals surface area contributed by atoms with E-state index in [0.717, 1.165) is 29.2 Å². The van der Waals surface area contributed by atoms with E-state index in [1.54, 1.807) is 0 Å². The molecule has 1 aromatic carbocycles. The quantitative estimate of drug-likeness (QED) is 0.830. The minimum Gasteiger partial charge on any atom is -0.351 e. The molecule has 0 radical (unpaired) electrons. The molecule has 0 saturated heterocycles. The van der Waals surface area contributed by atoms with Crippen LogP contribution in [0.5, 0.6) is 0 Å². The molecule has 1 aliphatic carbocycles. The van der Waals surface area contributed by atoms with Gasteiger partial charge in [-0.15, -0.1) is 11.8 Å². The second-order valence-corrected chi connectivity index (χ2v) is 7.66. The lowest BCUT2D eigenvalue weighted by molar-refractivity contribution is 0.0768. The first-order valence-corrected chi connectivity index (χ1v) is 9.68. The van der Waals surface area contributed by atoms with Crippen LogP contribution >= 0.6 is 11.8 Å². The summed E-state index contributed by atoms with van der Waals surface area (Å²) in [7, 11) is 0. The number of nitrogens with one attached hydrogen (secondary N) is 1. The molecular formula is C19H26N2OS. The molecule has 0 spiro atoms. The van der Waals surface area contributed by atoms with Crippen LogP contribution in [0.2, 0.25) is 0 Å². The van der Waals surface area contributed by atoms with E-state index in [2.05, 4.69) is 23.2 Å². The molecule has 2 aromatic rings. The smallest absolute Gasteiger partial charge is 0.270 e. The summed E-state index contributed by atoms with van der Waals surface area (Å²) >= 11 is 2.00. The predicted molar refractivity (Wildman–Crippen MR) is 98.3 cm³/mol. The molecule has 1 heterocycles. The Hall–Kier alpha value is -1.42. The molecule has 1 aliphatic rings. The Bertz CT molecular complexity index is 669. The fraction of sp³-hybridized carbons (Fsp3) is 0.526. The van der Waals surface area contributed by atoms with E-state index in [1.807, 2.05) is 36.6 Å². The molecule has 0 unspecified atom stereocenters. The van der Waals surface area contributed by atoms with Gasteiger partial charge in [0.2, 0.25) is 0 Å². The van der Waals surface area contributed by atoms with Gasteiger partial charge in [0.15, 0.2) is 0 Å². The van der Waals surface area contributed by atoms with E-state index < -0.39 is 0 Å². The number of hydrogen-bond donors (Lipinski definition) is 1. The summed E-state index contributed by atoms with van der Waals surface area (Å²) in [6, 6.07) is 8.52. The van der Waals surface area contributed by atoms with Gasteiger partial charge in [0.25, 0.3) is 5.91 Å². The molecule has 1 amide bonds. The van der Waals surface area contributed by atoms with E-state index in [9.17, 15) is 4.79 Å². The molecule has 1 fully saturated rings. The van der Waals surface area contributed by atoms with Crippen molar-refractivity contribution in [2.24, 2.45) is 0 Å². The molecule has 0 bridgehead atoms. The maximum absolute atomic E-state index is 12.5. The average molecular weight is 330 g/mol. The number of hydrogen-bond acceptors (Lipinski definition) is 2. The van der Waals surface area contributed by atoms with Crippen molar-refractivity contribution < 1.29 is 4.79 Å². The highest BCUT2D eigenvalue weighted by molar-refractivity contribution is 8.00. The maximum atomic E-state index is 12.5. The van der Waals surface area contributed by atoms with Crippen molar-refractivity contribution >= 4 is 28.6 Å². The highest BCUT2D eigenvalue weighted by Crippen LogP contribution is 2.34. The van der Waals surface area contributed by atoms with Crippen molar-refractivity contribution in [1.29, 1.82) is 0 Å². The van der Waals surface area contributed by atoms with Crippen LogP contribution < -0.4 is 0 Å². The van der Waals surface area contributed by atoms with Crippen LogP contribution in [0.15, 0.2) is 29.2 Å². The average Bonchev–Trinajstić information content (AvgIpc) is 3.00. The van der Waals surface area contributed by atoms with Gasteiger partial charge in [-0.05, 0) is 51.0 Å². The Kier molecular flexibility index (Phi) is 5.31. The summed E-state index contributed by atoms with van der Waals surface area (Å²) in [5.74, 6) is 0.0904. The van der Waals surface area contributed by atoms with Gasteiger partial charge in [-0.2, -0.15) is 0 Å². The van der Waals surface area contributed by atoms with Crippen LogP contribution in [0.25, 0.3) is 10.9 Å². The molecule has 23 heavy (non-hydrogen) atoms. The number of amides is 1. The lowest BCUT2D eigenvalue weighted by Gasteiger charge is -2.20. The number of carbonyl (C=O) groups is 1. The third-order valence-electron chi connectivity index (χ3n) is 4.73. The molecular weight excluding hydrogens is 304 g/mol. The summed E-state index contributed by atoms with van der Waals surface area (Å²) in [5, 5.41) is 1.90. The first-order chi connectivity index (χ1) is 11.2. The third kappa shape index (κ3) is 3.74.